The van der Waals surface area contributed by atoms with Crippen molar-refractivity contribution in [2.45, 2.75) is 51.6 Å². The second kappa shape index (κ2) is 6.01. The number of aliphatic hydroxyl groups is 1. The Bertz CT molecular complexity index is 387. The maximum absolute atomic E-state index is 10.4. The highest BCUT2D eigenvalue weighted by atomic mass is 16.4. The number of carbonyl (C=O) groups is 1. The highest BCUT2D eigenvalue weighted by Gasteiger charge is 2.14. The zero-order valence-corrected chi connectivity index (χ0v) is 11.3. The van der Waals surface area contributed by atoms with Crippen molar-refractivity contribution in [1.29, 1.82) is 0 Å². The molecule has 100 valence electrons. The van der Waals surface area contributed by atoms with E-state index in [0.29, 0.717) is 12.8 Å². The monoisotopic (exact) mass is 250 g/mol. The van der Waals surface area contributed by atoms with Crippen molar-refractivity contribution >= 4 is 5.97 Å². The van der Waals surface area contributed by atoms with Gasteiger partial charge in [-0.05, 0) is 29.4 Å². The number of rotatable bonds is 5. The number of carboxylic acid groups (broad SMARTS) is 1. The molecule has 3 heteroatoms. The lowest BCUT2D eigenvalue weighted by Crippen LogP contribution is -2.11. The summed E-state index contributed by atoms with van der Waals surface area (Å²) in [5.41, 5.74) is 2.18. The van der Waals surface area contributed by atoms with Crippen molar-refractivity contribution in [2.75, 3.05) is 0 Å². The molecule has 1 aromatic rings. The lowest BCUT2D eigenvalue weighted by atomic mass is 9.86. The average Bonchev–Trinajstić information content (AvgIpc) is 2.27. The molecule has 0 spiro atoms. The van der Waals surface area contributed by atoms with E-state index < -0.39 is 12.1 Å². The third-order valence-electron chi connectivity index (χ3n) is 3.03. The van der Waals surface area contributed by atoms with Crippen LogP contribution in [0.15, 0.2) is 24.3 Å². The Morgan fingerprint density at radius 1 is 1.22 bits per heavy atom. The third-order valence-corrected chi connectivity index (χ3v) is 3.03. The molecule has 1 aromatic carbocycles. The van der Waals surface area contributed by atoms with Gasteiger partial charge in [-0.3, -0.25) is 4.79 Å². The van der Waals surface area contributed by atoms with Crippen LogP contribution in [0.3, 0.4) is 0 Å². The Morgan fingerprint density at radius 2 is 1.78 bits per heavy atom. The van der Waals surface area contributed by atoms with Gasteiger partial charge in [0.15, 0.2) is 0 Å². The van der Waals surface area contributed by atoms with E-state index in [1.54, 1.807) is 0 Å². The van der Waals surface area contributed by atoms with E-state index in [0.717, 1.165) is 5.56 Å². The van der Waals surface area contributed by atoms with Crippen LogP contribution in [0.5, 0.6) is 0 Å². The fraction of sp³-hybridized carbons (Fsp3) is 0.533. The van der Waals surface area contributed by atoms with Crippen LogP contribution in [-0.2, 0) is 10.2 Å². The smallest absolute Gasteiger partial charge is 0.303 e. The molecule has 0 aromatic heterocycles. The van der Waals surface area contributed by atoms with Crippen LogP contribution >= 0.6 is 0 Å². The first-order chi connectivity index (χ1) is 8.30. The molecule has 2 N–H and O–H groups in total. The summed E-state index contributed by atoms with van der Waals surface area (Å²) in [5, 5.41) is 18.5. The normalized spacial score (nSPS) is 13.3. The predicted octanol–water partition coefficient (Wildman–Crippen LogP) is 3.27. The van der Waals surface area contributed by atoms with Crippen LogP contribution in [0.1, 0.15) is 57.3 Å². The van der Waals surface area contributed by atoms with E-state index in [9.17, 15) is 9.90 Å². The predicted molar refractivity (Wildman–Crippen MR) is 71.6 cm³/mol. The van der Waals surface area contributed by atoms with Crippen molar-refractivity contribution < 1.29 is 15.0 Å². The van der Waals surface area contributed by atoms with Gasteiger partial charge in [0, 0.05) is 6.42 Å². The highest BCUT2D eigenvalue weighted by Crippen LogP contribution is 2.25. The minimum atomic E-state index is -0.815. The largest absolute Gasteiger partial charge is 0.481 e. The molecule has 18 heavy (non-hydrogen) atoms. The molecule has 0 saturated carbocycles. The molecular weight excluding hydrogens is 228 g/mol. The molecule has 0 amide bonds. The van der Waals surface area contributed by atoms with Crippen molar-refractivity contribution in [3.63, 3.8) is 0 Å². The zero-order chi connectivity index (χ0) is 13.8. The van der Waals surface area contributed by atoms with Crippen LogP contribution in [-0.4, -0.2) is 16.2 Å². The van der Waals surface area contributed by atoms with Gasteiger partial charge in [-0.25, -0.2) is 0 Å². The average molecular weight is 250 g/mol. The second-order valence-electron chi connectivity index (χ2n) is 5.67. The van der Waals surface area contributed by atoms with Gasteiger partial charge < -0.3 is 10.2 Å². The summed E-state index contributed by atoms with van der Waals surface area (Å²) >= 11 is 0. The van der Waals surface area contributed by atoms with Crippen LogP contribution in [0, 0.1) is 0 Å². The maximum atomic E-state index is 10.4. The number of aliphatic hydroxyl groups excluding tert-OH is 1. The Balaban J connectivity index is 2.59. The van der Waals surface area contributed by atoms with Gasteiger partial charge in [-0.15, -0.1) is 0 Å². The van der Waals surface area contributed by atoms with Gasteiger partial charge in [0.2, 0.25) is 0 Å². The van der Waals surface area contributed by atoms with Gasteiger partial charge in [0.05, 0.1) is 6.10 Å². The lowest BCUT2D eigenvalue weighted by molar-refractivity contribution is -0.137. The van der Waals surface area contributed by atoms with Crippen molar-refractivity contribution in [3.05, 3.63) is 35.4 Å². The molecule has 1 rings (SSSR count). The number of hydrogen-bond donors (Lipinski definition) is 2. The maximum Gasteiger partial charge on any atom is 0.303 e. The standard InChI is InChI=1S/C15H22O3/c1-15(2,3)12-9-7-11(8-10-12)13(16)5-4-6-14(17)18/h7-10,13,16H,4-6H2,1-3H3,(H,17,18)/t13-/m0/s1. The number of carboxylic acids is 1. The fourth-order valence-corrected chi connectivity index (χ4v) is 1.82. The Morgan fingerprint density at radius 3 is 2.22 bits per heavy atom. The summed E-state index contributed by atoms with van der Waals surface area (Å²) in [4.78, 5) is 10.4. The first-order valence-corrected chi connectivity index (χ1v) is 6.31. The molecule has 0 heterocycles. The summed E-state index contributed by atoms with van der Waals surface area (Å²) in [6.07, 6.45) is 0.522. The summed E-state index contributed by atoms with van der Waals surface area (Å²) in [6.45, 7) is 6.43. The van der Waals surface area contributed by atoms with Gasteiger partial charge in [0.25, 0.3) is 0 Å². The first kappa shape index (κ1) is 14.7. The van der Waals surface area contributed by atoms with E-state index in [4.69, 9.17) is 5.11 Å². The molecule has 0 saturated heterocycles. The number of aliphatic carboxylic acids is 1. The van der Waals surface area contributed by atoms with Crippen LogP contribution in [0.4, 0.5) is 0 Å². The molecule has 3 nitrogen and oxygen atoms in total. The summed E-state index contributed by atoms with van der Waals surface area (Å²) < 4.78 is 0. The van der Waals surface area contributed by atoms with Crippen molar-refractivity contribution in [3.8, 4) is 0 Å². The van der Waals surface area contributed by atoms with Gasteiger partial charge in [-0.2, -0.15) is 0 Å². The first-order valence-electron chi connectivity index (χ1n) is 6.31. The SMILES string of the molecule is CC(C)(C)c1ccc([C@@H](O)CCCC(=O)O)cc1. The molecule has 0 aliphatic rings. The molecule has 1 atom stereocenters. The van der Waals surface area contributed by atoms with E-state index in [1.807, 2.05) is 24.3 Å². The molecule has 0 unspecified atom stereocenters. The van der Waals surface area contributed by atoms with E-state index in [1.165, 1.54) is 5.56 Å². The Hall–Kier alpha value is -1.35. The van der Waals surface area contributed by atoms with E-state index >= 15 is 0 Å². The minimum Gasteiger partial charge on any atom is -0.481 e. The van der Waals surface area contributed by atoms with E-state index in [2.05, 4.69) is 20.8 Å². The van der Waals surface area contributed by atoms with Gasteiger partial charge in [0.1, 0.15) is 0 Å². The summed E-state index contributed by atoms with van der Waals surface area (Å²) in [6, 6.07) is 7.89. The van der Waals surface area contributed by atoms with Gasteiger partial charge >= 0.3 is 5.97 Å². The third kappa shape index (κ3) is 4.49. The molecule has 0 fully saturated rings. The molecule has 0 aliphatic carbocycles. The van der Waals surface area contributed by atoms with Crippen LogP contribution in [0.2, 0.25) is 0 Å². The molecule has 0 radical (unpaired) electrons. The van der Waals surface area contributed by atoms with Crippen LogP contribution in [0.25, 0.3) is 0 Å². The Labute approximate surface area is 108 Å². The minimum absolute atomic E-state index is 0.104. The molecular formula is C15H22O3. The van der Waals surface area contributed by atoms with Crippen LogP contribution < -0.4 is 0 Å². The summed E-state index contributed by atoms with van der Waals surface area (Å²) in [5.74, 6) is -0.815. The quantitative estimate of drug-likeness (QED) is 0.843. The van der Waals surface area contributed by atoms with Crippen molar-refractivity contribution in [1.82, 2.24) is 0 Å². The van der Waals surface area contributed by atoms with Gasteiger partial charge in [-0.1, -0.05) is 45.0 Å². The highest BCUT2D eigenvalue weighted by molar-refractivity contribution is 5.66. The lowest BCUT2D eigenvalue weighted by Gasteiger charge is -2.20. The fourth-order valence-electron chi connectivity index (χ4n) is 1.82. The number of hydrogen-bond acceptors (Lipinski definition) is 2. The van der Waals surface area contributed by atoms with Crippen molar-refractivity contribution in [2.24, 2.45) is 0 Å². The topological polar surface area (TPSA) is 57.5 Å². The van der Waals surface area contributed by atoms with E-state index in [-0.39, 0.29) is 11.8 Å². The second-order valence-corrected chi connectivity index (χ2v) is 5.67. The summed E-state index contributed by atoms with van der Waals surface area (Å²) in [7, 11) is 0. The Kier molecular flexibility index (Phi) is 4.91. The zero-order valence-electron chi connectivity index (χ0n) is 11.3. The molecule has 0 aliphatic heterocycles. The number of benzene rings is 1. The molecule has 0 bridgehead atoms.